The van der Waals surface area contributed by atoms with Crippen molar-refractivity contribution in [3.63, 3.8) is 0 Å². The van der Waals surface area contributed by atoms with Gasteiger partial charge in [-0.05, 0) is 0 Å². The molecule has 1 aromatic carbocycles. The Hall–Kier alpha value is -0.111. The molecule has 0 saturated carbocycles. The van der Waals surface area contributed by atoms with Gasteiger partial charge in [-0.15, -0.1) is 0 Å². The molecular weight excluding hydrogens is 386 g/mol. The molecular formula is C19H33O3PSe. The predicted octanol–water partition coefficient (Wildman–Crippen LogP) is 5.63. The number of hydrogen-bond donors (Lipinski definition) is 0. The van der Waals surface area contributed by atoms with E-state index in [0.29, 0.717) is 13.2 Å². The van der Waals surface area contributed by atoms with Gasteiger partial charge in [-0.3, -0.25) is 0 Å². The Bertz CT molecular complexity index is 458. The molecule has 0 bridgehead atoms. The van der Waals surface area contributed by atoms with E-state index in [1.807, 2.05) is 12.1 Å². The summed E-state index contributed by atoms with van der Waals surface area (Å²) in [6.07, 6.45) is 5.98. The molecule has 3 nitrogen and oxygen atoms in total. The molecule has 0 unspecified atom stereocenters. The fourth-order valence-corrected chi connectivity index (χ4v) is 7.77. The van der Waals surface area contributed by atoms with Gasteiger partial charge >= 0.3 is 154 Å². The minimum absolute atomic E-state index is 0.282. The van der Waals surface area contributed by atoms with Gasteiger partial charge in [0.05, 0.1) is 0 Å². The third-order valence-corrected chi connectivity index (χ3v) is 9.80. The van der Waals surface area contributed by atoms with E-state index in [2.05, 4.69) is 32.9 Å². The molecule has 0 radical (unpaired) electrons. The van der Waals surface area contributed by atoms with E-state index in [1.54, 1.807) is 0 Å². The number of rotatable bonds is 14. The van der Waals surface area contributed by atoms with E-state index in [4.69, 9.17) is 9.05 Å². The van der Waals surface area contributed by atoms with Crippen LogP contribution < -0.4 is 4.46 Å². The summed E-state index contributed by atoms with van der Waals surface area (Å²) >= 11 is -0.282. The summed E-state index contributed by atoms with van der Waals surface area (Å²) in [5.74, 6) is 0. The Morgan fingerprint density at radius 3 is 1.79 bits per heavy atom. The van der Waals surface area contributed by atoms with Gasteiger partial charge in [0.25, 0.3) is 0 Å². The first-order valence-electron chi connectivity index (χ1n) is 9.25. The van der Waals surface area contributed by atoms with Crippen molar-refractivity contribution in [1.82, 2.24) is 0 Å². The average molecular weight is 419 g/mol. The molecule has 138 valence electrons. The molecule has 0 amide bonds. The minimum atomic E-state index is -2.99. The van der Waals surface area contributed by atoms with Crippen molar-refractivity contribution in [2.24, 2.45) is 0 Å². The summed E-state index contributed by atoms with van der Waals surface area (Å²) in [6.45, 7) is 7.52. The van der Waals surface area contributed by atoms with Gasteiger partial charge in [0.2, 0.25) is 0 Å². The fraction of sp³-hybridized carbons (Fsp3) is 0.684. The van der Waals surface area contributed by atoms with E-state index >= 15 is 0 Å². The van der Waals surface area contributed by atoms with E-state index in [1.165, 1.54) is 31.2 Å². The monoisotopic (exact) mass is 420 g/mol. The molecule has 0 fully saturated rings. The number of hydrogen-bond acceptors (Lipinski definition) is 3. The van der Waals surface area contributed by atoms with Gasteiger partial charge in [0.15, 0.2) is 0 Å². The molecule has 1 rings (SSSR count). The Labute approximate surface area is 154 Å². The third-order valence-electron chi connectivity index (χ3n) is 3.73. The molecule has 1 aromatic rings. The van der Waals surface area contributed by atoms with Crippen molar-refractivity contribution in [3.8, 4) is 0 Å². The van der Waals surface area contributed by atoms with Gasteiger partial charge < -0.3 is 0 Å². The molecule has 0 aromatic heterocycles. The van der Waals surface area contributed by atoms with Crippen molar-refractivity contribution in [1.29, 1.82) is 0 Å². The van der Waals surface area contributed by atoms with Crippen molar-refractivity contribution in [2.45, 2.75) is 72.1 Å². The van der Waals surface area contributed by atoms with Crippen LogP contribution in [0.25, 0.3) is 0 Å². The Morgan fingerprint density at radius 1 is 0.833 bits per heavy atom. The van der Waals surface area contributed by atoms with Crippen LogP contribution in [0.5, 0.6) is 0 Å². The molecule has 5 heteroatoms. The van der Waals surface area contributed by atoms with E-state index in [-0.39, 0.29) is 14.5 Å². The Morgan fingerprint density at radius 2 is 1.33 bits per heavy atom. The maximum absolute atomic E-state index is 13.1. The van der Waals surface area contributed by atoms with E-state index < -0.39 is 6.29 Å². The maximum atomic E-state index is 13.1. The zero-order chi connectivity index (χ0) is 17.7. The number of unbranched alkanes of at least 4 members (excludes halogenated alkanes) is 6. The molecule has 0 N–H and O–H groups in total. The second-order valence-electron chi connectivity index (χ2n) is 6.14. The predicted molar refractivity (Wildman–Crippen MR) is 104 cm³/mol. The van der Waals surface area contributed by atoms with Crippen LogP contribution in [-0.4, -0.2) is 27.7 Å². The van der Waals surface area contributed by atoms with Crippen LogP contribution in [0.4, 0.5) is 0 Å². The van der Waals surface area contributed by atoms with Crippen LogP contribution in [0.15, 0.2) is 24.3 Å². The van der Waals surface area contributed by atoms with Crippen LogP contribution in [-0.2, 0) is 13.6 Å². The first-order valence-corrected chi connectivity index (χ1v) is 13.9. The zero-order valence-electron chi connectivity index (χ0n) is 15.5. The van der Waals surface area contributed by atoms with Gasteiger partial charge in [0.1, 0.15) is 0 Å². The van der Waals surface area contributed by atoms with Crippen LogP contribution in [0.3, 0.4) is 0 Å². The first-order chi connectivity index (χ1) is 11.6. The molecule has 0 atom stereocenters. The van der Waals surface area contributed by atoms with Gasteiger partial charge in [0, 0.05) is 0 Å². The second kappa shape index (κ2) is 13.1. The molecule has 0 aliphatic rings. The van der Waals surface area contributed by atoms with Crippen molar-refractivity contribution < 1.29 is 13.6 Å². The normalized spacial score (nSPS) is 11.8. The van der Waals surface area contributed by atoms with Crippen LogP contribution in [0.2, 0.25) is 0 Å². The summed E-state index contributed by atoms with van der Waals surface area (Å²) < 4.78 is 25.8. The van der Waals surface area contributed by atoms with Crippen LogP contribution >= 0.6 is 6.29 Å². The quantitative estimate of drug-likeness (QED) is 0.223. The zero-order valence-corrected chi connectivity index (χ0v) is 18.1. The van der Waals surface area contributed by atoms with Crippen molar-refractivity contribution in [3.05, 3.63) is 29.8 Å². The summed E-state index contributed by atoms with van der Waals surface area (Å²) in [5.41, 5.74) is 1.21. The SMILES string of the molecule is CCCCCCOP(=O)(OCCCCCC)[Se]c1ccc(C)cc1. The van der Waals surface area contributed by atoms with Gasteiger partial charge in [-0.1, -0.05) is 0 Å². The Kier molecular flexibility index (Phi) is 12.0. The Balaban J connectivity index is 2.52. The molecule has 0 spiro atoms. The molecule has 0 aliphatic heterocycles. The number of benzene rings is 1. The van der Waals surface area contributed by atoms with Crippen LogP contribution in [0, 0.1) is 6.92 Å². The second-order valence-corrected chi connectivity index (χ2v) is 12.7. The summed E-state index contributed by atoms with van der Waals surface area (Å²) in [6, 6.07) is 8.21. The fourth-order valence-electron chi connectivity index (χ4n) is 2.23. The van der Waals surface area contributed by atoms with Gasteiger partial charge in [-0.2, -0.15) is 0 Å². The third kappa shape index (κ3) is 10.0. The summed E-state index contributed by atoms with van der Waals surface area (Å²) in [7, 11) is 0. The molecule has 0 aliphatic carbocycles. The molecule has 24 heavy (non-hydrogen) atoms. The molecule has 0 saturated heterocycles. The van der Waals surface area contributed by atoms with Gasteiger partial charge in [-0.25, -0.2) is 0 Å². The van der Waals surface area contributed by atoms with Crippen molar-refractivity contribution >= 4 is 25.3 Å². The van der Waals surface area contributed by atoms with E-state index in [0.717, 1.165) is 30.1 Å². The summed E-state index contributed by atoms with van der Waals surface area (Å²) in [4.78, 5) is 0. The molecule has 0 heterocycles. The summed E-state index contributed by atoms with van der Waals surface area (Å²) in [5, 5.41) is 0. The number of aryl methyl sites for hydroxylation is 1. The average Bonchev–Trinajstić information content (AvgIpc) is 2.57. The van der Waals surface area contributed by atoms with E-state index in [9.17, 15) is 4.57 Å². The van der Waals surface area contributed by atoms with Crippen LogP contribution in [0.1, 0.15) is 70.8 Å². The van der Waals surface area contributed by atoms with Crippen molar-refractivity contribution in [2.75, 3.05) is 13.2 Å². The standard InChI is InChI=1S/C19H33O3PSe/c1-4-6-8-10-16-21-23(20,22-17-11-9-7-5-2)24-19-14-12-18(3)13-15-19/h12-15H,4-11,16-17H2,1-3H3. The first kappa shape index (κ1) is 21.9. The topological polar surface area (TPSA) is 35.5 Å².